The van der Waals surface area contributed by atoms with Gasteiger partial charge in [0.2, 0.25) is 0 Å². The van der Waals surface area contributed by atoms with Gasteiger partial charge < -0.3 is 15.2 Å². The van der Waals surface area contributed by atoms with Gasteiger partial charge in [-0.1, -0.05) is 11.6 Å². The molecule has 0 saturated heterocycles. The van der Waals surface area contributed by atoms with Crippen LogP contribution in [0.5, 0.6) is 11.6 Å². The van der Waals surface area contributed by atoms with Crippen molar-refractivity contribution in [1.29, 1.82) is 0 Å². The van der Waals surface area contributed by atoms with Gasteiger partial charge in [-0.3, -0.25) is 9.78 Å². The SMILES string of the molecule is CCOC(=O)C[C@H](N)Cc1cncc(-c2ccc(Oc3ncc(Cl)cc3F)cc2)n1. The molecule has 2 aromatic heterocycles. The van der Waals surface area contributed by atoms with Crippen molar-refractivity contribution in [2.45, 2.75) is 25.8 Å². The second-order valence-electron chi connectivity index (χ2n) is 6.44. The zero-order valence-corrected chi connectivity index (χ0v) is 17.0. The van der Waals surface area contributed by atoms with E-state index in [-0.39, 0.29) is 23.3 Å². The fourth-order valence-electron chi connectivity index (χ4n) is 2.70. The second kappa shape index (κ2) is 10.1. The van der Waals surface area contributed by atoms with Gasteiger partial charge in [0.25, 0.3) is 5.88 Å². The minimum atomic E-state index is -0.649. The maximum Gasteiger partial charge on any atom is 0.307 e. The molecule has 0 bridgehead atoms. The third kappa shape index (κ3) is 5.95. The molecule has 0 aliphatic heterocycles. The van der Waals surface area contributed by atoms with Crippen LogP contribution in [0.15, 0.2) is 48.9 Å². The minimum absolute atomic E-state index is 0.112. The van der Waals surface area contributed by atoms with Crippen LogP contribution in [0.1, 0.15) is 19.0 Å². The van der Waals surface area contributed by atoms with Crippen LogP contribution in [-0.2, 0) is 16.0 Å². The summed E-state index contributed by atoms with van der Waals surface area (Å²) in [6, 6.07) is 7.61. The number of rotatable bonds is 8. The highest BCUT2D eigenvalue weighted by Crippen LogP contribution is 2.26. The van der Waals surface area contributed by atoms with Crippen LogP contribution in [-0.4, -0.2) is 33.6 Å². The molecule has 30 heavy (non-hydrogen) atoms. The highest BCUT2D eigenvalue weighted by atomic mass is 35.5. The van der Waals surface area contributed by atoms with Gasteiger partial charge in [-0.05, 0) is 37.3 Å². The van der Waals surface area contributed by atoms with Crippen molar-refractivity contribution < 1.29 is 18.7 Å². The smallest absolute Gasteiger partial charge is 0.307 e. The Morgan fingerprint density at radius 3 is 2.70 bits per heavy atom. The van der Waals surface area contributed by atoms with E-state index in [9.17, 15) is 9.18 Å². The van der Waals surface area contributed by atoms with Crippen molar-refractivity contribution in [2.75, 3.05) is 6.61 Å². The lowest BCUT2D eigenvalue weighted by Gasteiger charge is -2.11. The summed E-state index contributed by atoms with van der Waals surface area (Å²) in [5, 5.41) is 0.190. The second-order valence-corrected chi connectivity index (χ2v) is 6.87. The lowest BCUT2D eigenvalue weighted by Crippen LogP contribution is -2.27. The fourth-order valence-corrected chi connectivity index (χ4v) is 2.85. The molecule has 0 amide bonds. The Balaban J connectivity index is 1.67. The Hall–Kier alpha value is -3.10. The van der Waals surface area contributed by atoms with Crippen LogP contribution >= 0.6 is 11.6 Å². The van der Waals surface area contributed by atoms with Gasteiger partial charge in [-0.2, -0.15) is 0 Å². The quantitative estimate of drug-likeness (QED) is 0.540. The normalized spacial score (nSPS) is 11.7. The van der Waals surface area contributed by atoms with E-state index in [1.54, 1.807) is 43.6 Å². The van der Waals surface area contributed by atoms with Crippen molar-refractivity contribution in [2.24, 2.45) is 5.73 Å². The predicted molar refractivity (Wildman–Crippen MR) is 110 cm³/mol. The number of ether oxygens (including phenoxy) is 2. The molecule has 9 heteroatoms. The van der Waals surface area contributed by atoms with Crippen molar-refractivity contribution >= 4 is 17.6 Å². The first-order chi connectivity index (χ1) is 14.4. The molecule has 2 N–H and O–H groups in total. The van der Waals surface area contributed by atoms with Crippen LogP contribution < -0.4 is 10.5 Å². The Kier molecular flexibility index (Phi) is 7.26. The Morgan fingerprint density at radius 2 is 2.00 bits per heavy atom. The van der Waals surface area contributed by atoms with Gasteiger partial charge in [0.1, 0.15) is 5.75 Å². The lowest BCUT2D eigenvalue weighted by atomic mass is 10.1. The minimum Gasteiger partial charge on any atom is -0.466 e. The average Bonchev–Trinajstić information content (AvgIpc) is 2.71. The molecule has 0 aliphatic rings. The van der Waals surface area contributed by atoms with E-state index in [4.69, 9.17) is 26.8 Å². The number of halogens is 2. The molecule has 1 atom stereocenters. The topological polar surface area (TPSA) is 100 Å². The summed E-state index contributed by atoms with van der Waals surface area (Å²) in [4.78, 5) is 24.1. The first-order valence-corrected chi connectivity index (χ1v) is 9.64. The molecule has 2 heterocycles. The molecule has 0 aliphatic carbocycles. The van der Waals surface area contributed by atoms with Crippen molar-refractivity contribution in [1.82, 2.24) is 15.0 Å². The summed E-state index contributed by atoms with van der Waals surface area (Å²) in [6.45, 7) is 2.07. The first kappa shape index (κ1) is 21.6. The monoisotopic (exact) mass is 430 g/mol. The number of aromatic nitrogens is 3. The van der Waals surface area contributed by atoms with Crippen molar-refractivity contribution in [3.8, 4) is 22.9 Å². The third-order valence-corrected chi connectivity index (χ3v) is 4.24. The summed E-state index contributed by atoms with van der Waals surface area (Å²) >= 11 is 5.69. The Morgan fingerprint density at radius 1 is 1.23 bits per heavy atom. The van der Waals surface area contributed by atoms with E-state index in [0.717, 1.165) is 11.6 Å². The van der Waals surface area contributed by atoms with E-state index < -0.39 is 11.9 Å². The average molecular weight is 431 g/mol. The van der Waals surface area contributed by atoms with E-state index in [2.05, 4.69) is 15.0 Å². The van der Waals surface area contributed by atoms with Gasteiger partial charge >= 0.3 is 5.97 Å². The Bertz CT molecular complexity index is 1020. The number of pyridine rings is 1. The fraction of sp³-hybridized carbons (Fsp3) is 0.238. The summed E-state index contributed by atoms with van der Waals surface area (Å²) < 4.78 is 24.2. The van der Waals surface area contributed by atoms with Gasteiger partial charge in [0.05, 0.1) is 35.6 Å². The third-order valence-electron chi connectivity index (χ3n) is 4.03. The maximum atomic E-state index is 13.8. The number of nitrogens with two attached hydrogens (primary N) is 1. The van der Waals surface area contributed by atoms with Crippen LogP contribution in [0.3, 0.4) is 0 Å². The summed E-state index contributed by atoms with van der Waals surface area (Å²) in [6.07, 6.45) is 5.04. The number of carbonyl (C=O) groups excluding carboxylic acids is 1. The van der Waals surface area contributed by atoms with Crippen LogP contribution in [0, 0.1) is 5.82 Å². The molecule has 0 saturated carbocycles. The van der Waals surface area contributed by atoms with E-state index in [0.29, 0.717) is 30.2 Å². The molecule has 0 unspecified atom stereocenters. The first-order valence-electron chi connectivity index (χ1n) is 9.26. The number of hydrogen-bond acceptors (Lipinski definition) is 7. The molecule has 156 valence electrons. The van der Waals surface area contributed by atoms with Crippen LogP contribution in [0.4, 0.5) is 4.39 Å². The molecular weight excluding hydrogens is 411 g/mol. The standard InChI is InChI=1S/C21H20ClFN4O3/c1-2-29-20(28)9-15(24)8-16-11-25-12-19(27-16)13-3-5-17(6-4-13)30-21-18(23)7-14(22)10-26-21/h3-7,10-12,15H,2,8-9,24H2,1H3/t15-/m1/s1. The molecular formula is C21H20ClFN4O3. The number of carbonyl (C=O) groups is 1. The molecule has 0 spiro atoms. The molecule has 1 aromatic carbocycles. The van der Waals surface area contributed by atoms with Gasteiger partial charge in [-0.25, -0.2) is 14.4 Å². The number of hydrogen-bond donors (Lipinski definition) is 1. The van der Waals surface area contributed by atoms with Gasteiger partial charge in [0.15, 0.2) is 5.82 Å². The summed E-state index contributed by atoms with van der Waals surface area (Å²) in [7, 11) is 0. The van der Waals surface area contributed by atoms with Crippen molar-refractivity contribution in [3.63, 3.8) is 0 Å². The van der Waals surface area contributed by atoms with Crippen LogP contribution in [0.25, 0.3) is 11.3 Å². The van der Waals surface area contributed by atoms with Crippen LogP contribution in [0.2, 0.25) is 5.02 Å². The Labute approximate surface area is 178 Å². The van der Waals surface area contributed by atoms with E-state index >= 15 is 0 Å². The zero-order valence-electron chi connectivity index (χ0n) is 16.2. The van der Waals surface area contributed by atoms with Gasteiger partial charge in [0, 0.05) is 30.4 Å². The molecule has 0 radical (unpaired) electrons. The highest BCUT2D eigenvalue weighted by molar-refractivity contribution is 6.30. The zero-order chi connectivity index (χ0) is 21.5. The largest absolute Gasteiger partial charge is 0.466 e. The highest BCUT2D eigenvalue weighted by Gasteiger charge is 2.13. The maximum absolute atomic E-state index is 13.8. The molecule has 3 rings (SSSR count). The molecule has 0 fully saturated rings. The van der Waals surface area contributed by atoms with Gasteiger partial charge in [-0.15, -0.1) is 0 Å². The van der Waals surface area contributed by atoms with Crippen molar-refractivity contribution in [3.05, 3.63) is 65.5 Å². The number of benzene rings is 1. The summed E-state index contributed by atoms with van der Waals surface area (Å²) in [5.41, 5.74) is 8.10. The molecule has 3 aromatic rings. The molecule has 7 nitrogen and oxygen atoms in total. The van der Waals surface area contributed by atoms with E-state index in [1.807, 2.05) is 0 Å². The summed E-state index contributed by atoms with van der Waals surface area (Å²) in [5.74, 6) is -0.738. The number of esters is 1. The van der Waals surface area contributed by atoms with E-state index in [1.165, 1.54) is 6.20 Å². The predicted octanol–water partition coefficient (Wildman–Crippen LogP) is 3.95. The lowest BCUT2D eigenvalue weighted by molar-refractivity contribution is -0.143. The number of nitrogens with zero attached hydrogens (tertiary/aromatic N) is 3.